The average molecular weight is 280 g/mol. The van der Waals surface area contributed by atoms with Crippen LogP contribution in [0.3, 0.4) is 0 Å². The molecule has 0 aromatic heterocycles. The van der Waals surface area contributed by atoms with E-state index in [1.165, 1.54) is 83.8 Å². The summed E-state index contributed by atoms with van der Waals surface area (Å²) in [6.45, 7) is 10.9. The van der Waals surface area contributed by atoms with Gasteiger partial charge in [0.05, 0.1) is 0 Å². The van der Waals surface area contributed by atoms with Crippen LogP contribution in [0.2, 0.25) is 0 Å². The van der Waals surface area contributed by atoms with Gasteiger partial charge in [0.1, 0.15) is 0 Å². The van der Waals surface area contributed by atoms with Crippen molar-refractivity contribution in [1.29, 1.82) is 0 Å². The minimum Gasteiger partial charge on any atom is -0.308 e. The molecule has 1 saturated carbocycles. The van der Waals surface area contributed by atoms with Gasteiger partial charge in [0, 0.05) is 24.2 Å². The van der Waals surface area contributed by atoms with Crippen LogP contribution < -0.4 is 5.32 Å². The largest absolute Gasteiger partial charge is 0.308 e. The summed E-state index contributed by atoms with van der Waals surface area (Å²) in [6, 6.07) is 0. The first kappa shape index (κ1) is 16.3. The van der Waals surface area contributed by atoms with Crippen molar-refractivity contribution in [2.75, 3.05) is 19.6 Å². The van der Waals surface area contributed by atoms with Crippen molar-refractivity contribution in [1.82, 2.24) is 10.2 Å². The van der Waals surface area contributed by atoms with Gasteiger partial charge in [-0.2, -0.15) is 0 Å². The second-order valence-corrected chi connectivity index (χ2v) is 7.53. The van der Waals surface area contributed by atoms with E-state index in [4.69, 9.17) is 0 Å². The quantitative estimate of drug-likeness (QED) is 0.728. The predicted molar refractivity (Wildman–Crippen MR) is 88.2 cm³/mol. The molecule has 2 heteroatoms. The highest BCUT2D eigenvalue weighted by atomic mass is 15.3. The molecule has 1 spiro atoms. The third-order valence-corrected chi connectivity index (χ3v) is 5.90. The van der Waals surface area contributed by atoms with E-state index in [-0.39, 0.29) is 0 Å². The molecule has 20 heavy (non-hydrogen) atoms. The maximum atomic E-state index is 3.90. The Hall–Kier alpha value is -0.0800. The van der Waals surface area contributed by atoms with E-state index in [1.807, 2.05) is 0 Å². The highest BCUT2D eigenvalue weighted by molar-refractivity contribution is 5.04. The van der Waals surface area contributed by atoms with Gasteiger partial charge in [-0.1, -0.05) is 52.4 Å². The van der Waals surface area contributed by atoms with E-state index in [0.717, 1.165) is 0 Å². The summed E-state index contributed by atoms with van der Waals surface area (Å²) in [7, 11) is 0. The van der Waals surface area contributed by atoms with E-state index in [2.05, 4.69) is 31.0 Å². The van der Waals surface area contributed by atoms with Crippen molar-refractivity contribution in [2.45, 2.75) is 96.1 Å². The number of piperazine rings is 1. The molecular formula is C18H36N2. The smallest absolute Gasteiger partial charge is 0.0334 e. The van der Waals surface area contributed by atoms with E-state index in [9.17, 15) is 0 Å². The second-order valence-electron chi connectivity index (χ2n) is 7.53. The van der Waals surface area contributed by atoms with E-state index in [1.54, 1.807) is 0 Å². The average Bonchev–Trinajstić information content (AvgIpc) is 2.49. The first-order valence-electron chi connectivity index (χ1n) is 9.14. The third-order valence-electron chi connectivity index (χ3n) is 5.90. The Balaban J connectivity index is 1.98. The number of unbranched alkanes of at least 4 members (excludes halogenated alkanes) is 3. The van der Waals surface area contributed by atoms with Gasteiger partial charge in [0.25, 0.3) is 0 Å². The van der Waals surface area contributed by atoms with Gasteiger partial charge >= 0.3 is 0 Å². The molecule has 2 aliphatic rings. The summed E-state index contributed by atoms with van der Waals surface area (Å²) in [5.74, 6) is 0. The summed E-state index contributed by atoms with van der Waals surface area (Å²) in [5, 5.41) is 3.90. The molecule has 1 atom stereocenters. The molecule has 2 fully saturated rings. The van der Waals surface area contributed by atoms with Crippen LogP contribution in [-0.2, 0) is 0 Å². The van der Waals surface area contributed by atoms with Crippen LogP contribution in [0.4, 0.5) is 0 Å². The molecule has 0 radical (unpaired) electrons. The molecule has 118 valence electrons. The Morgan fingerprint density at radius 3 is 2.40 bits per heavy atom. The summed E-state index contributed by atoms with van der Waals surface area (Å²) >= 11 is 0. The van der Waals surface area contributed by atoms with Crippen LogP contribution in [0.5, 0.6) is 0 Å². The lowest BCUT2D eigenvalue weighted by Crippen LogP contribution is -2.69. The minimum atomic E-state index is 0.341. The number of nitrogens with one attached hydrogen (secondary N) is 1. The van der Waals surface area contributed by atoms with Gasteiger partial charge < -0.3 is 5.32 Å². The molecule has 1 heterocycles. The van der Waals surface area contributed by atoms with Gasteiger partial charge in [0.2, 0.25) is 0 Å². The van der Waals surface area contributed by atoms with Crippen LogP contribution in [-0.4, -0.2) is 35.6 Å². The normalized spacial score (nSPS) is 30.8. The van der Waals surface area contributed by atoms with Crippen LogP contribution in [0.1, 0.15) is 85.0 Å². The zero-order valence-electron chi connectivity index (χ0n) is 14.1. The third kappa shape index (κ3) is 3.76. The monoisotopic (exact) mass is 280 g/mol. The highest BCUT2D eigenvalue weighted by Gasteiger charge is 2.44. The van der Waals surface area contributed by atoms with Crippen molar-refractivity contribution in [3.05, 3.63) is 0 Å². The molecule has 1 aliphatic heterocycles. The Bertz CT molecular complexity index is 283. The zero-order chi connectivity index (χ0) is 14.5. The summed E-state index contributed by atoms with van der Waals surface area (Å²) < 4.78 is 0. The second kappa shape index (κ2) is 7.26. The van der Waals surface area contributed by atoms with E-state index in [0.29, 0.717) is 11.1 Å². The minimum absolute atomic E-state index is 0.341. The number of rotatable bonds is 6. The highest BCUT2D eigenvalue weighted by Crippen LogP contribution is 2.37. The van der Waals surface area contributed by atoms with Crippen LogP contribution in [0.15, 0.2) is 0 Å². The molecular weight excluding hydrogens is 244 g/mol. The van der Waals surface area contributed by atoms with Gasteiger partial charge in [-0.25, -0.2) is 0 Å². The SMILES string of the molecule is CCCCCCN1CC(C)(CC)NCC12CCCCC2. The molecule has 2 nitrogen and oxygen atoms in total. The molecule has 0 amide bonds. The molecule has 0 aromatic carbocycles. The van der Waals surface area contributed by atoms with Crippen molar-refractivity contribution >= 4 is 0 Å². The fourth-order valence-electron chi connectivity index (χ4n) is 4.12. The predicted octanol–water partition coefficient (Wildman–Crippen LogP) is 4.34. The number of hydrogen-bond acceptors (Lipinski definition) is 2. The van der Waals surface area contributed by atoms with Crippen LogP contribution in [0.25, 0.3) is 0 Å². The molecule has 1 saturated heterocycles. The van der Waals surface area contributed by atoms with Crippen molar-refractivity contribution in [3.63, 3.8) is 0 Å². The topological polar surface area (TPSA) is 15.3 Å². The maximum Gasteiger partial charge on any atom is 0.0334 e. The van der Waals surface area contributed by atoms with Crippen molar-refractivity contribution in [3.8, 4) is 0 Å². The fraction of sp³-hybridized carbons (Fsp3) is 1.00. The lowest BCUT2D eigenvalue weighted by molar-refractivity contribution is -0.0165. The van der Waals surface area contributed by atoms with Gasteiger partial charge in [-0.15, -0.1) is 0 Å². The molecule has 1 aliphatic carbocycles. The molecule has 0 aromatic rings. The summed E-state index contributed by atoms with van der Waals surface area (Å²) in [6.07, 6.45) is 14.0. The molecule has 1 N–H and O–H groups in total. The first-order chi connectivity index (χ1) is 9.64. The molecule has 0 bridgehead atoms. The van der Waals surface area contributed by atoms with Gasteiger partial charge in [0.15, 0.2) is 0 Å². The lowest BCUT2D eigenvalue weighted by Gasteiger charge is -2.55. The molecule has 2 rings (SSSR count). The van der Waals surface area contributed by atoms with Crippen molar-refractivity contribution in [2.24, 2.45) is 0 Å². The molecule has 1 unspecified atom stereocenters. The fourth-order valence-corrected chi connectivity index (χ4v) is 4.12. The van der Waals surface area contributed by atoms with Crippen molar-refractivity contribution < 1.29 is 0 Å². The van der Waals surface area contributed by atoms with Crippen LogP contribution in [0, 0.1) is 0 Å². The first-order valence-corrected chi connectivity index (χ1v) is 9.14. The van der Waals surface area contributed by atoms with Crippen LogP contribution >= 0.6 is 0 Å². The van der Waals surface area contributed by atoms with Gasteiger partial charge in [-0.3, -0.25) is 4.90 Å². The number of hydrogen-bond donors (Lipinski definition) is 1. The Kier molecular flexibility index (Phi) is 5.92. The number of nitrogens with zero attached hydrogens (tertiary/aromatic N) is 1. The Morgan fingerprint density at radius 2 is 1.75 bits per heavy atom. The van der Waals surface area contributed by atoms with Gasteiger partial charge in [-0.05, 0) is 39.2 Å². The van der Waals surface area contributed by atoms with E-state index >= 15 is 0 Å². The standard InChI is InChI=1S/C18H36N2/c1-4-6-7-11-14-20-16-17(3,5-2)19-15-18(20)12-9-8-10-13-18/h19H,4-16H2,1-3H3. The lowest BCUT2D eigenvalue weighted by atomic mass is 9.76. The summed E-state index contributed by atoms with van der Waals surface area (Å²) in [5.41, 5.74) is 0.840. The Morgan fingerprint density at radius 1 is 1.00 bits per heavy atom. The summed E-state index contributed by atoms with van der Waals surface area (Å²) in [4.78, 5) is 2.89. The zero-order valence-corrected chi connectivity index (χ0v) is 14.1. The maximum absolute atomic E-state index is 3.90. The van der Waals surface area contributed by atoms with E-state index < -0.39 is 0 Å². The Labute approximate surface area is 126 Å².